The predicted octanol–water partition coefficient (Wildman–Crippen LogP) is 3.66. The molecule has 2 fully saturated rings. The van der Waals surface area contributed by atoms with Crippen molar-refractivity contribution in [2.24, 2.45) is 5.92 Å². The molecule has 0 aromatic heterocycles. The van der Waals surface area contributed by atoms with Crippen LogP contribution < -0.4 is 0 Å². The average molecular weight is 344 g/mol. The first-order valence-corrected chi connectivity index (χ1v) is 9.91. The summed E-state index contributed by atoms with van der Waals surface area (Å²) in [4.78, 5) is 17.2. The third-order valence-electron chi connectivity index (χ3n) is 5.79. The van der Waals surface area contributed by atoms with E-state index in [-0.39, 0.29) is 12.0 Å². The fourth-order valence-corrected chi connectivity index (χ4v) is 4.14. The van der Waals surface area contributed by atoms with Crippen LogP contribution in [-0.4, -0.2) is 47.7 Å². The van der Waals surface area contributed by atoms with E-state index < -0.39 is 6.23 Å². The molecule has 1 aromatic carbocycles. The van der Waals surface area contributed by atoms with E-state index in [4.69, 9.17) is 4.74 Å². The monoisotopic (exact) mass is 344 g/mol. The molecule has 1 amide bonds. The SMILES string of the molecule is CCN1CCN(Cc2ccccc2)C(=O)C1OC(C)C1CCCCC1. The molecule has 1 saturated carbocycles. The van der Waals surface area contributed by atoms with Crippen LogP contribution in [0.4, 0.5) is 0 Å². The summed E-state index contributed by atoms with van der Waals surface area (Å²) in [6.45, 7) is 7.47. The summed E-state index contributed by atoms with van der Waals surface area (Å²) in [6.07, 6.45) is 6.16. The highest BCUT2D eigenvalue weighted by Crippen LogP contribution is 2.29. The zero-order valence-corrected chi connectivity index (χ0v) is 15.7. The van der Waals surface area contributed by atoms with Crippen molar-refractivity contribution in [3.63, 3.8) is 0 Å². The third-order valence-corrected chi connectivity index (χ3v) is 5.79. The van der Waals surface area contributed by atoms with E-state index in [1.807, 2.05) is 23.1 Å². The average Bonchev–Trinajstić information content (AvgIpc) is 2.66. The molecule has 2 unspecified atom stereocenters. The van der Waals surface area contributed by atoms with E-state index in [2.05, 4.69) is 30.9 Å². The van der Waals surface area contributed by atoms with Gasteiger partial charge in [0.25, 0.3) is 5.91 Å². The molecule has 1 heterocycles. The number of amides is 1. The van der Waals surface area contributed by atoms with Crippen LogP contribution >= 0.6 is 0 Å². The summed E-state index contributed by atoms with van der Waals surface area (Å²) in [5, 5.41) is 0. The number of nitrogens with zero attached hydrogens (tertiary/aromatic N) is 2. The second-order valence-corrected chi connectivity index (χ2v) is 7.47. The van der Waals surface area contributed by atoms with Gasteiger partial charge in [0.1, 0.15) is 0 Å². The molecule has 1 aromatic rings. The van der Waals surface area contributed by atoms with Crippen molar-refractivity contribution in [2.45, 2.75) is 64.8 Å². The Kier molecular flexibility index (Phi) is 6.49. The number of rotatable bonds is 6. The topological polar surface area (TPSA) is 32.8 Å². The Morgan fingerprint density at radius 1 is 1.12 bits per heavy atom. The van der Waals surface area contributed by atoms with Crippen LogP contribution in [0.3, 0.4) is 0 Å². The molecular weight excluding hydrogens is 312 g/mol. The fourth-order valence-electron chi connectivity index (χ4n) is 4.14. The van der Waals surface area contributed by atoms with Crippen molar-refractivity contribution in [1.29, 1.82) is 0 Å². The minimum absolute atomic E-state index is 0.125. The highest BCUT2D eigenvalue weighted by molar-refractivity contribution is 5.81. The predicted molar refractivity (Wildman–Crippen MR) is 100 cm³/mol. The quantitative estimate of drug-likeness (QED) is 0.789. The Labute approximate surface area is 152 Å². The number of likely N-dealkylation sites (N-methyl/N-ethyl adjacent to an activating group) is 1. The number of hydrogen-bond acceptors (Lipinski definition) is 3. The first-order valence-electron chi connectivity index (χ1n) is 9.91. The molecular formula is C21H32N2O2. The van der Waals surface area contributed by atoms with Gasteiger partial charge in [-0.05, 0) is 37.8 Å². The van der Waals surface area contributed by atoms with Gasteiger partial charge < -0.3 is 9.64 Å². The van der Waals surface area contributed by atoms with Gasteiger partial charge in [-0.15, -0.1) is 0 Å². The molecule has 1 saturated heterocycles. The molecule has 2 atom stereocenters. The Morgan fingerprint density at radius 3 is 2.52 bits per heavy atom. The molecule has 4 nitrogen and oxygen atoms in total. The number of carbonyl (C=O) groups is 1. The second kappa shape index (κ2) is 8.81. The van der Waals surface area contributed by atoms with Crippen molar-refractivity contribution in [1.82, 2.24) is 9.80 Å². The smallest absolute Gasteiger partial charge is 0.267 e. The van der Waals surface area contributed by atoms with Crippen LogP contribution in [0, 0.1) is 5.92 Å². The van der Waals surface area contributed by atoms with Gasteiger partial charge in [-0.25, -0.2) is 0 Å². The number of ether oxygens (including phenoxy) is 1. The molecule has 0 bridgehead atoms. The molecule has 0 spiro atoms. The molecule has 1 aliphatic carbocycles. The Hall–Kier alpha value is -1.39. The van der Waals surface area contributed by atoms with Crippen LogP contribution in [-0.2, 0) is 16.1 Å². The maximum Gasteiger partial charge on any atom is 0.267 e. The second-order valence-electron chi connectivity index (χ2n) is 7.47. The molecule has 0 radical (unpaired) electrons. The van der Waals surface area contributed by atoms with Gasteiger partial charge in [-0.3, -0.25) is 9.69 Å². The molecule has 25 heavy (non-hydrogen) atoms. The van der Waals surface area contributed by atoms with Crippen LogP contribution in [0.15, 0.2) is 30.3 Å². The normalized spacial score (nSPS) is 24.5. The van der Waals surface area contributed by atoms with E-state index in [1.165, 1.54) is 37.7 Å². The van der Waals surface area contributed by atoms with E-state index in [1.54, 1.807) is 0 Å². The zero-order valence-electron chi connectivity index (χ0n) is 15.7. The first kappa shape index (κ1) is 18.4. The van der Waals surface area contributed by atoms with E-state index in [0.717, 1.165) is 19.6 Å². The highest BCUT2D eigenvalue weighted by Gasteiger charge is 2.37. The van der Waals surface area contributed by atoms with Gasteiger partial charge in [0, 0.05) is 19.6 Å². The molecule has 0 N–H and O–H groups in total. The molecule has 4 heteroatoms. The Morgan fingerprint density at radius 2 is 1.84 bits per heavy atom. The number of benzene rings is 1. The molecule has 1 aliphatic heterocycles. The Bertz CT molecular complexity index is 542. The van der Waals surface area contributed by atoms with Crippen molar-refractivity contribution < 1.29 is 9.53 Å². The Balaban J connectivity index is 1.65. The standard InChI is InChI=1S/C21H32N2O2/c1-3-22-14-15-23(16-18-10-6-4-7-11-18)20(24)21(22)25-17(2)19-12-8-5-9-13-19/h4,6-7,10-11,17,19,21H,3,5,8-9,12-16H2,1-2H3. The van der Waals surface area contributed by atoms with E-state index in [0.29, 0.717) is 12.5 Å². The van der Waals surface area contributed by atoms with Gasteiger partial charge in [0.15, 0.2) is 6.23 Å². The lowest BCUT2D eigenvalue weighted by molar-refractivity contribution is -0.179. The lowest BCUT2D eigenvalue weighted by Gasteiger charge is -2.42. The highest BCUT2D eigenvalue weighted by atomic mass is 16.5. The summed E-state index contributed by atoms with van der Waals surface area (Å²) >= 11 is 0. The number of hydrogen-bond donors (Lipinski definition) is 0. The first-order chi connectivity index (χ1) is 12.2. The minimum atomic E-state index is -0.417. The van der Waals surface area contributed by atoms with Crippen molar-refractivity contribution in [2.75, 3.05) is 19.6 Å². The van der Waals surface area contributed by atoms with E-state index in [9.17, 15) is 4.79 Å². The van der Waals surface area contributed by atoms with Crippen LogP contribution in [0.2, 0.25) is 0 Å². The maximum absolute atomic E-state index is 13.1. The summed E-state index contributed by atoms with van der Waals surface area (Å²) in [7, 11) is 0. The van der Waals surface area contributed by atoms with Crippen LogP contribution in [0.1, 0.15) is 51.5 Å². The summed E-state index contributed by atoms with van der Waals surface area (Å²) in [5.74, 6) is 0.726. The molecule has 2 aliphatic rings. The molecule has 138 valence electrons. The van der Waals surface area contributed by atoms with E-state index >= 15 is 0 Å². The summed E-state index contributed by atoms with van der Waals surface area (Å²) < 4.78 is 6.35. The van der Waals surface area contributed by atoms with Crippen molar-refractivity contribution in [3.05, 3.63) is 35.9 Å². The van der Waals surface area contributed by atoms with Gasteiger partial charge in [-0.2, -0.15) is 0 Å². The number of piperazine rings is 1. The lowest BCUT2D eigenvalue weighted by Crippen LogP contribution is -2.58. The minimum Gasteiger partial charge on any atom is -0.350 e. The van der Waals surface area contributed by atoms with Crippen LogP contribution in [0.25, 0.3) is 0 Å². The van der Waals surface area contributed by atoms with Crippen LogP contribution in [0.5, 0.6) is 0 Å². The van der Waals surface area contributed by atoms with Gasteiger partial charge in [-0.1, -0.05) is 56.5 Å². The van der Waals surface area contributed by atoms with Crippen molar-refractivity contribution >= 4 is 5.91 Å². The van der Waals surface area contributed by atoms with Crippen molar-refractivity contribution in [3.8, 4) is 0 Å². The summed E-state index contributed by atoms with van der Waals surface area (Å²) in [5.41, 5.74) is 1.18. The zero-order chi connectivity index (χ0) is 17.6. The van der Waals surface area contributed by atoms with Gasteiger partial charge >= 0.3 is 0 Å². The summed E-state index contributed by atoms with van der Waals surface area (Å²) in [6, 6.07) is 10.2. The largest absolute Gasteiger partial charge is 0.350 e. The van der Waals surface area contributed by atoms with Gasteiger partial charge in [0.05, 0.1) is 6.10 Å². The lowest BCUT2D eigenvalue weighted by atomic mass is 9.86. The fraction of sp³-hybridized carbons (Fsp3) is 0.667. The third kappa shape index (κ3) is 4.62. The maximum atomic E-state index is 13.1. The van der Waals surface area contributed by atoms with Gasteiger partial charge in [0.2, 0.25) is 0 Å². The molecule has 3 rings (SSSR count). The number of carbonyl (C=O) groups excluding carboxylic acids is 1.